The molecule has 26 heavy (non-hydrogen) atoms. The van der Waals surface area contributed by atoms with Crippen molar-refractivity contribution in [3.63, 3.8) is 0 Å². The number of aliphatic hydroxyl groups is 1. The first-order valence-corrected chi connectivity index (χ1v) is 8.59. The smallest absolute Gasteiger partial charge is 0.260 e. The molecule has 1 amide bonds. The predicted octanol–water partition coefficient (Wildman–Crippen LogP) is 2.25. The van der Waals surface area contributed by atoms with Crippen LogP contribution in [-0.2, 0) is 11.4 Å². The van der Waals surface area contributed by atoms with Crippen LogP contribution in [0.2, 0.25) is 0 Å². The third-order valence-corrected chi connectivity index (χ3v) is 4.33. The van der Waals surface area contributed by atoms with Crippen molar-refractivity contribution in [2.24, 2.45) is 0 Å². The van der Waals surface area contributed by atoms with E-state index in [9.17, 15) is 4.79 Å². The van der Waals surface area contributed by atoms with Crippen LogP contribution in [0.1, 0.15) is 12.0 Å². The van der Waals surface area contributed by atoms with Crippen molar-refractivity contribution in [1.82, 2.24) is 4.90 Å². The van der Waals surface area contributed by atoms with E-state index in [0.29, 0.717) is 30.3 Å². The number of rotatable bonds is 7. The zero-order valence-corrected chi connectivity index (χ0v) is 14.8. The molecule has 0 saturated carbocycles. The molecule has 6 nitrogen and oxygen atoms in total. The molecule has 1 aliphatic rings. The number of aliphatic hydroxyl groups excluding tert-OH is 1. The summed E-state index contributed by atoms with van der Waals surface area (Å²) in [5.41, 5.74) is 0.805. The van der Waals surface area contributed by atoms with E-state index in [4.69, 9.17) is 19.3 Å². The minimum absolute atomic E-state index is 0.0133. The Kier molecular flexibility index (Phi) is 5.96. The van der Waals surface area contributed by atoms with Gasteiger partial charge in [0.2, 0.25) is 0 Å². The number of para-hydroxylation sites is 2. The number of hydrogen-bond acceptors (Lipinski definition) is 5. The van der Waals surface area contributed by atoms with E-state index < -0.39 is 0 Å². The minimum Gasteiger partial charge on any atom is -0.493 e. The quantitative estimate of drug-likeness (QED) is 0.823. The number of methoxy groups -OCH3 is 1. The second-order valence-electron chi connectivity index (χ2n) is 6.11. The van der Waals surface area contributed by atoms with E-state index in [1.54, 1.807) is 36.3 Å². The molecule has 1 N–H and O–H groups in total. The van der Waals surface area contributed by atoms with Crippen LogP contribution in [0.25, 0.3) is 0 Å². The van der Waals surface area contributed by atoms with Crippen molar-refractivity contribution in [2.45, 2.75) is 19.1 Å². The number of hydrogen-bond donors (Lipinski definition) is 1. The molecule has 0 aromatic heterocycles. The first-order chi connectivity index (χ1) is 12.7. The van der Waals surface area contributed by atoms with Crippen LogP contribution in [0.5, 0.6) is 17.2 Å². The number of ether oxygens (including phenoxy) is 3. The number of carbonyl (C=O) groups is 1. The number of nitrogens with zero attached hydrogens (tertiary/aromatic N) is 1. The highest BCUT2D eigenvalue weighted by Gasteiger charge is 2.28. The molecule has 2 aromatic carbocycles. The fraction of sp³-hybridized carbons (Fsp3) is 0.350. The van der Waals surface area contributed by atoms with E-state index in [0.717, 1.165) is 12.0 Å². The molecule has 138 valence electrons. The van der Waals surface area contributed by atoms with Crippen LogP contribution in [0, 0.1) is 0 Å². The molecule has 0 spiro atoms. The molecular formula is C20H23NO5. The minimum atomic E-state index is -0.0673. The second kappa shape index (κ2) is 8.58. The van der Waals surface area contributed by atoms with E-state index >= 15 is 0 Å². The predicted molar refractivity (Wildman–Crippen MR) is 96.5 cm³/mol. The average molecular weight is 357 g/mol. The Labute approximate surface area is 152 Å². The lowest BCUT2D eigenvalue weighted by Crippen LogP contribution is -2.34. The summed E-state index contributed by atoms with van der Waals surface area (Å²) >= 11 is 0. The van der Waals surface area contributed by atoms with Crippen LogP contribution < -0.4 is 14.2 Å². The summed E-state index contributed by atoms with van der Waals surface area (Å²) in [6.45, 7) is 1.15. The summed E-state index contributed by atoms with van der Waals surface area (Å²) in [7, 11) is 1.61. The topological polar surface area (TPSA) is 68.2 Å². The maximum atomic E-state index is 12.3. The molecule has 1 aliphatic heterocycles. The van der Waals surface area contributed by atoms with Gasteiger partial charge in [-0.2, -0.15) is 0 Å². The molecule has 1 heterocycles. The average Bonchev–Trinajstić information content (AvgIpc) is 3.15. The van der Waals surface area contributed by atoms with Gasteiger partial charge < -0.3 is 24.2 Å². The van der Waals surface area contributed by atoms with Crippen LogP contribution in [0.4, 0.5) is 0 Å². The fourth-order valence-electron chi connectivity index (χ4n) is 2.87. The third-order valence-electron chi connectivity index (χ3n) is 4.33. The van der Waals surface area contributed by atoms with E-state index in [-0.39, 0.29) is 25.2 Å². The number of likely N-dealkylation sites (tertiary alicyclic amines) is 1. The molecule has 6 heteroatoms. The number of amides is 1. The van der Waals surface area contributed by atoms with Gasteiger partial charge in [-0.1, -0.05) is 24.3 Å². The van der Waals surface area contributed by atoms with Gasteiger partial charge in [-0.25, -0.2) is 0 Å². The third kappa shape index (κ3) is 4.46. The molecule has 0 aliphatic carbocycles. The van der Waals surface area contributed by atoms with Crippen LogP contribution in [0.15, 0.2) is 48.5 Å². The van der Waals surface area contributed by atoms with E-state index in [1.807, 2.05) is 24.3 Å². The molecule has 0 bridgehead atoms. The van der Waals surface area contributed by atoms with Gasteiger partial charge >= 0.3 is 0 Å². The number of benzene rings is 2. The van der Waals surface area contributed by atoms with Gasteiger partial charge in [-0.3, -0.25) is 4.79 Å². The van der Waals surface area contributed by atoms with Crippen LogP contribution >= 0.6 is 0 Å². The van der Waals surface area contributed by atoms with Gasteiger partial charge in [0.25, 0.3) is 5.91 Å². The fourth-order valence-corrected chi connectivity index (χ4v) is 2.87. The molecule has 1 atom stereocenters. The SMILES string of the molecule is COc1ccccc1OC1CCN(C(=O)COc2ccc(CO)cc2)C1. The van der Waals surface area contributed by atoms with Crippen molar-refractivity contribution >= 4 is 5.91 Å². The maximum Gasteiger partial charge on any atom is 0.260 e. The van der Waals surface area contributed by atoms with Gasteiger partial charge in [0.15, 0.2) is 18.1 Å². The summed E-state index contributed by atoms with van der Waals surface area (Å²) in [5, 5.41) is 9.03. The van der Waals surface area contributed by atoms with Crippen molar-refractivity contribution in [3.05, 3.63) is 54.1 Å². The van der Waals surface area contributed by atoms with Gasteiger partial charge in [-0.15, -0.1) is 0 Å². The maximum absolute atomic E-state index is 12.3. The molecule has 1 saturated heterocycles. The monoisotopic (exact) mass is 357 g/mol. The lowest BCUT2D eigenvalue weighted by atomic mass is 10.2. The second-order valence-corrected chi connectivity index (χ2v) is 6.11. The van der Waals surface area contributed by atoms with Gasteiger partial charge in [-0.05, 0) is 29.8 Å². The molecule has 1 fully saturated rings. The molecule has 1 unspecified atom stereocenters. The highest BCUT2D eigenvalue weighted by atomic mass is 16.5. The highest BCUT2D eigenvalue weighted by molar-refractivity contribution is 5.78. The van der Waals surface area contributed by atoms with Crippen LogP contribution in [0.3, 0.4) is 0 Å². The summed E-state index contributed by atoms with van der Waals surface area (Å²) < 4.78 is 16.8. The number of carbonyl (C=O) groups excluding carboxylic acids is 1. The Morgan fingerprint density at radius 2 is 1.88 bits per heavy atom. The standard InChI is InChI=1S/C20H23NO5/c1-24-18-4-2-3-5-19(18)26-17-10-11-21(12-17)20(23)14-25-16-8-6-15(13-22)7-9-16/h2-9,17,22H,10-14H2,1H3. The Hall–Kier alpha value is -2.73. The van der Waals surface area contributed by atoms with Gasteiger partial charge in [0.05, 0.1) is 20.3 Å². The summed E-state index contributed by atoms with van der Waals surface area (Å²) in [5.74, 6) is 1.92. The molecule has 2 aromatic rings. The van der Waals surface area contributed by atoms with Crippen molar-refractivity contribution < 1.29 is 24.1 Å². The first kappa shape index (κ1) is 18.1. The zero-order valence-electron chi connectivity index (χ0n) is 14.8. The van der Waals surface area contributed by atoms with Gasteiger partial charge in [0, 0.05) is 13.0 Å². The largest absolute Gasteiger partial charge is 0.493 e. The van der Waals surface area contributed by atoms with Crippen molar-refractivity contribution in [1.29, 1.82) is 0 Å². The van der Waals surface area contributed by atoms with Gasteiger partial charge in [0.1, 0.15) is 11.9 Å². The molecule has 3 rings (SSSR count). The Morgan fingerprint density at radius 3 is 2.58 bits per heavy atom. The Bertz CT molecular complexity index is 731. The van der Waals surface area contributed by atoms with E-state index in [1.165, 1.54) is 0 Å². The van der Waals surface area contributed by atoms with E-state index in [2.05, 4.69) is 0 Å². The normalized spacial score (nSPS) is 16.4. The summed E-state index contributed by atoms with van der Waals surface area (Å²) in [6.07, 6.45) is 0.716. The highest BCUT2D eigenvalue weighted by Crippen LogP contribution is 2.28. The molecular weight excluding hydrogens is 334 g/mol. The summed E-state index contributed by atoms with van der Waals surface area (Å²) in [4.78, 5) is 14.1. The lowest BCUT2D eigenvalue weighted by Gasteiger charge is -2.18. The summed E-state index contributed by atoms with van der Waals surface area (Å²) in [6, 6.07) is 14.5. The zero-order chi connectivity index (χ0) is 18.4. The van der Waals surface area contributed by atoms with Crippen molar-refractivity contribution in [2.75, 3.05) is 26.8 Å². The lowest BCUT2D eigenvalue weighted by molar-refractivity contribution is -0.132. The Balaban J connectivity index is 1.49. The van der Waals surface area contributed by atoms with Crippen LogP contribution in [-0.4, -0.2) is 48.8 Å². The molecule has 0 radical (unpaired) electrons. The van der Waals surface area contributed by atoms with Crippen molar-refractivity contribution in [3.8, 4) is 17.2 Å². The Morgan fingerprint density at radius 1 is 1.15 bits per heavy atom. The first-order valence-electron chi connectivity index (χ1n) is 8.59.